The molecule has 1 aliphatic carbocycles. The van der Waals surface area contributed by atoms with Gasteiger partial charge in [0.25, 0.3) is 0 Å². The molecule has 2 aromatic rings. The normalized spacial score (nSPS) is 27.3. The molecule has 5 rings (SSSR count). The van der Waals surface area contributed by atoms with Gasteiger partial charge in [-0.3, -0.25) is 5.73 Å². The standard InChI is InChI=1S/C24H32N6O4S/c1-33-18-6-4-17(5-7-18)24(26)28-15-21-22(29-24)20(14-27-23(21)25)16-2-8-19(9-3-16)35(31,32)30-10-12-34-13-11-30/h2-3,8-9,14-15,17-18,29H,4-7,10-13,26H2,1H3,(H2,25,27). The second-order valence-corrected chi connectivity index (χ2v) is 11.2. The summed E-state index contributed by atoms with van der Waals surface area (Å²) < 4.78 is 38.3. The van der Waals surface area contributed by atoms with Gasteiger partial charge in [0.1, 0.15) is 5.82 Å². The van der Waals surface area contributed by atoms with Crippen molar-refractivity contribution in [3.63, 3.8) is 0 Å². The molecule has 0 bridgehead atoms. The van der Waals surface area contributed by atoms with Gasteiger partial charge in [-0.05, 0) is 43.4 Å². The molecule has 1 aromatic carbocycles. The number of aliphatic imine (C=N–C) groups is 1. The van der Waals surface area contributed by atoms with E-state index in [0.717, 1.165) is 42.5 Å². The Kier molecular flexibility index (Phi) is 6.53. The van der Waals surface area contributed by atoms with E-state index in [-0.39, 0.29) is 16.9 Å². The summed E-state index contributed by atoms with van der Waals surface area (Å²) in [6.45, 7) is 1.52. The van der Waals surface area contributed by atoms with Crippen molar-refractivity contribution in [1.82, 2.24) is 9.29 Å². The Morgan fingerprint density at radius 1 is 1.14 bits per heavy atom. The van der Waals surface area contributed by atoms with Crippen molar-refractivity contribution >= 4 is 27.7 Å². The molecule has 35 heavy (non-hydrogen) atoms. The minimum atomic E-state index is -3.57. The Morgan fingerprint density at radius 2 is 1.83 bits per heavy atom. The van der Waals surface area contributed by atoms with E-state index in [1.807, 2.05) is 0 Å². The van der Waals surface area contributed by atoms with Crippen LogP contribution in [0.3, 0.4) is 0 Å². The molecule has 2 aliphatic heterocycles. The number of rotatable bonds is 5. The number of sulfonamides is 1. The van der Waals surface area contributed by atoms with Crippen LogP contribution in [0.2, 0.25) is 0 Å². The van der Waals surface area contributed by atoms with Crippen LogP contribution in [-0.4, -0.2) is 69.2 Å². The van der Waals surface area contributed by atoms with E-state index in [0.29, 0.717) is 37.7 Å². The fourth-order valence-corrected chi connectivity index (χ4v) is 6.53. The Morgan fingerprint density at radius 3 is 2.49 bits per heavy atom. The predicted octanol–water partition coefficient (Wildman–Crippen LogP) is 2.01. The molecule has 3 heterocycles. The number of ether oxygens (including phenoxy) is 2. The summed E-state index contributed by atoms with van der Waals surface area (Å²) in [4.78, 5) is 9.25. The molecule has 1 aromatic heterocycles. The first-order valence-corrected chi connectivity index (χ1v) is 13.4. The highest BCUT2D eigenvalue weighted by molar-refractivity contribution is 7.89. The topological polar surface area (TPSA) is 145 Å². The number of fused-ring (bicyclic) bond motifs is 1. The Labute approximate surface area is 205 Å². The van der Waals surface area contributed by atoms with Crippen LogP contribution in [0.1, 0.15) is 31.2 Å². The maximum atomic E-state index is 13.0. The second kappa shape index (κ2) is 9.47. The first kappa shape index (κ1) is 24.1. The molecule has 2 fully saturated rings. The number of nitrogen functional groups attached to an aromatic ring is 1. The van der Waals surface area contributed by atoms with E-state index in [9.17, 15) is 8.42 Å². The van der Waals surface area contributed by atoms with Crippen LogP contribution in [0.25, 0.3) is 11.1 Å². The van der Waals surface area contributed by atoms with Crippen LogP contribution in [0.5, 0.6) is 0 Å². The number of nitrogens with one attached hydrogen (secondary N) is 1. The SMILES string of the molecule is COC1CCC(C2(N)N=Cc3c(N)ncc(-c4ccc(S(=O)(=O)N5CCOCC5)cc4)c3N2)CC1. The monoisotopic (exact) mass is 500 g/mol. The first-order chi connectivity index (χ1) is 16.8. The molecule has 0 amide bonds. The van der Waals surface area contributed by atoms with Gasteiger partial charge >= 0.3 is 0 Å². The molecule has 1 atom stereocenters. The number of aromatic nitrogens is 1. The van der Waals surface area contributed by atoms with E-state index in [1.165, 1.54) is 4.31 Å². The highest BCUT2D eigenvalue weighted by Crippen LogP contribution is 2.41. The van der Waals surface area contributed by atoms with Crippen molar-refractivity contribution in [1.29, 1.82) is 0 Å². The number of hydrogen-bond donors (Lipinski definition) is 3. The molecular formula is C24H32N6O4S. The van der Waals surface area contributed by atoms with Crippen molar-refractivity contribution in [2.24, 2.45) is 16.6 Å². The zero-order valence-electron chi connectivity index (χ0n) is 19.8. The quantitative estimate of drug-likeness (QED) is 0.565. The molecule has 5 N–H and O–H groups in total. The van der Waals surface area contributed by atoms with Crippen molar-refractivity contribution in [3.05, 3.63) is 36.0 Å². The highest BCUT2D eigenvalue weighted by atomic mass is 32.2. The van der Waals surface area contributed by atoms with Gasteiger partial charge in [-0.2, -0.15) is 4.31 Å². The van der Waals surface area contributed by atoms with Crippen molar-refractivity contribution in [2.45, 2.75) is 42.5 Å². The van der Waals surface area contributed by atoms with Crippen LogP contribution < -0.4 is 16.8 Å². The van der Waals surface area contributed by atoms with Crippen LogP contribution in [0.15, 0.2) is 40.4 Å². The van der Waals surface area contributed by atoms with Gasteiger partial charge in [-0.25, -0.2) is 18.4 Å². The van der Waals surface area contributed by atoms with Crippen molar-refractivity contribution < 1.29 is 17.9 Å². The van der Waals surface area contributed by atoms with Gasteiger partial charge < -0.3 is 20.5 Å². The average molecular weight is 501 g/mol. The third-order valence-electron chi connectivity index (χ3n) is 7.28. The van der Waals surface area contributed by atoms with Crippen molar-refractivity contribution in [3.8, 4) is 11.1 Å². The van der Waals surface area contributed by atoms with E-state index >= 15 is 0 Å². The second-order valence-electron chi connectivity index (χ2n) is 9.30. The number of nitrogens with zero attached hydrogens (tertiary/aromatic N) is 3. The largest absolute Gasteiger partial charge is 0.383 e. The van der Waals surface area contributed by atoms with Crippen LogP contribution in [0, 0.1) is 5.92 Å². The van der Waals surface area contributed by atoms with Gasteiger partial charge in [0, 0.05) is 44.1 Å². The molecule has 1 unspecified atom stereocenters. The minimum Gasteiger partial charge on any atom is -0.383 e. The molecule has 188 valence electrons. The van der Waals surface area contributed by atoms with Gasteiger partial charge in [-0.1, -0.05) is 12.1 Å². The summed E-state index contributed by atoms with van der Waals surface area (Å²) in [6.07, 6.45) is 7.34. The van der Waals surface area contributed by atoms with Gasteiger partial charge in [0.2, 0.25) is 10.0 Å². The third-order valence-corrected chi connectivity index (χ3v) is 9.20. The molecule has 0 spiro atoms. The summed E-state index contributed by atoms with van der Waals surface area (Å²) in [6, 6.07) is 6.83. The highest BCUT2D eigenvalue weighted by Gasteiger charge is 2.40. The van der Waals surface area contributed by atoms with Gasteiger partial charge in [0.05, 0.1) is 35.5 Å². The zero-order valence-corrected chi connectivity index (χ0v) is 20.6. The van der Waals surface area contributed by atoms with E-state index in [4.69, 9.17) is 20.9 Å². The minimum absolute atomic E-state index is 0.140. The van der Waals surface area contributed by atoms with E-state index in [1.54, 1.807) is 43.8 Å². The summed E-state index contributed by atoms with van der Waals surface area (Å²) >= 11 is 0. The predicted molar refractivity (Wildman–Crippen MR) is 135 cm³/mol. The number of anilines is 2. The zero-order chi connectivity index (χ0) is 24.6. The van der Waals surface area contributed by atoms with E-state index in [2.05, 4.69) is 15.3 Å². The smallest absolute Gasteiger partial charge is 0.243 e. The molecular weight excluding hydrogens is 468 g/mol. The fraction of sp³-hybridized carbons (Fsp3) is 0.500. The number of hydrogen-bond acceptors (Lipinski definition) is 9. The first-order valence-electron chi connectivity index (χ1n) is 11.9. The maximum Gasteiger partial charge on any atom is 0.243 e. The fourth-order valence-electron chi connectivity index (χ4n) is 5.12. The lowest BCUT2D eigenvalue weighted by Crippen LogP contribution is -2.55. The lowest BCUT2D eigenvalue weighted by molar-refractivity contribution is 0.0456. The molecule has 11 heteroatoms. The van der Waals surface area contributed by atoms with Gasteiger partial charge in [0.15, 0.2) is 5.79 Å². The Bertz CT molecular complexity index is 1210. The van der Waals surface area contributed by atoms with Gasteiger partial charge in [-0.15, -0.1) is 0 Å². The number of benzene rings is 1. The summed E-state index contributed by atoms with van der Waals surface area (Å²) in [5.41, 5.74) is 16.0. The van der Waals surface area contributed by atoms with Crippen LogP contribution in [-0.2, 0) is 19.5 Å². The lowest BCUT2D eigenvalue weighted by atomic mass is 9.82. The average Bonchev–Trinajstić information content (AvgIpc) is 2.89. The Balaban J connectivity index is 1.43. The maximum absolute atomic E-state index is 13.0. The summed E-state index contributed by atoms with van der Waals surface area (Å²) in [5, 5.41) is 3.46. The van der Waals surface area contributed by atoms with Crippen LogP contribution in [0.4, 0.5) is 11.5 Å². The summed E-state index contributed by atoms with van der Waals surface area (Å²) in [5.74, 6) is -0.466. The molecule has 1 saturated carbocycles. The summed E-state index contributed by atoms with van der Waals surface area (Å²) in [7, 11) is -1.83. The molecule has 1 saturated heterocycles. The number of morpholine rings is 1. The molecule has 3 aliphatic rings. The van der Waals surface area contributed by atoms with E-state index < -0.39 is 15.8 Å². The van der Waals surface area contributed by atoms with Crippen LogP contribution >= 0.6 is 0 Å². The number of pyridine rings is 1. The lowest BCUT2D eigenvalue weighted by Gasteiger charge is -2.41. The number of nitrogens with two attached hydrogens (primary N) is 2. The van der Waals surface area contributed by atoms with Crippen molar-refractivity contribution in [2.75, 3.05) is 44.5 Å². The molecule has 0 radical (unpaired) electrons. The third kappa shape index (κ3) is 4.54. The number of methoxy groups -OCH3 is 1. The molecule has 10 nitrogen and oxygen atoms in total. The Hall–Kier alpha value is -2.57.